The van der Waals surface area contributed by atoms with E-state index in [1.54, 1.807) is 12.1 Å². The SMILES string of the molecule is Nc1c(S(=O)(=O)O)cc(S(=O)(=O)O)c2ccc(N=Nc3cccc4ccc(S(=O)(=O)O)cc34)c(O)c12. The van der Waals surface area contributed by atoms with Gasteiger partial charge in [-0.3, -0.25) is 13.7 Å². The van der Waals surface area contributed by atoms with Crippen LogP contribution in [0.1, 0.15) is 0 Å². The molecule has 0 fully saturated rings. The molecule has 4 rings (SSSR count). The van der Waals surface area contributed by atoms with Gasteiger partial charge in [0.25, 0.3) is 30.4 Å². The molecule has 0 bridgehead atoms. The van der Waals surface area contributed by atoms with Gasteiger partial charge >= 0.3 is 0 Å². The summed E-state index contributed by atoms with van der Waals surface area (Å²) in [5.74, 6) is -0.817. The third-order valence-electron chi connectivity index (χ3n) is 5.17. The maximum atomic E-state index is 11.8. The van der Waals surface area contributed by atoms with Crippen molar-refractivity contribution in [2.75, 3.05) is 5.73 Å². The Morgan fingerprint density at radius 2 is 1.31 bits per heavy atom. The summed E-state index contributed by atoms with van der Waals surface area (Å²) in [5.41, 5.74) is 4.89. The number of fused-ring (bicyclic) bond motifs is 2. The van der Waals surface area contributed by atoms with E-state index in [1.807, 2.05) is 0 Å². The number of nitrogen functional groups attached to an aromatic ring is 1. The first-order valence-electron chi connectivity index (χ1n) is 9.54. The smallest absolute Gasteiger partial charge is 0.296 e. The number of phenols is 1. The average Bonchev–Trinajstić information content (AvgIpc) is 2.76. The minimum absolute atomic E-state index is 0.121. The lowest BCUT2D eigenvalue weighted by atomic mass is 10.1. The molecule has 13 nitrogen and oxygen atoms in total. The van der Waals surface area contributed by atoms with Gasteiger partial charge in [0.1, 0.15) is 15.5 Å². The van der Waals surface area contributed by atoms with Crippen LogP contribution in [0.15, 0.2) is 79.5 Å². The number of azo groups is 1. The molecule has 0 aliphatic carbocycles. The van der Waals surface area contributed by atoms with E-state index in [0.717, 1.165) is 18.2 Å². The molecule has 0 aliphatic heterocycles. The van der Waals surface area contributed by atoms with Crippen molar-refractivity contribution in [3.63, 3.8) is 0 Å². The summed E-state index contributed by atoms with van der Waals surface area (Å²) in [7, 11) is -14.6. The van der Waals surface area contributed by atoms with Crippen molar-refractivity contribution in [1.29, 1.82) is 0 Å². The summed E-state index contributed by atoms with van der Waals surface area (Å²) in [4.78, 5) is -2.40. The number of phenolic OH excluding ortho intramolecular Hbond substituents is 1. The molecule has 4 aromatic carbocycles. The van der Waals surface area contributed by atoms with Crippen LogP contribution in [0.5, 0.6) is 5.75 Å². The van der Waals surface area contributed by atoms with Crippen LogP contribution in [0.25, 0.3) is 21.5 Å². The number of nitrogens with zero attached hydrogens (tertiary/aromatic N) is 2. The lowest BCUT2D eigenvalue weighted by Gasteiger charge is -2.13. The van der Waals surface area contributed by atoms with Crippen molar-refractivity contribution in [3.05, 3.63) is 54.6 Å². The summed E-state index contributed by atoms with van der Waals surface area (Å²) in [6.07, 6.45) is 0. The van der Waals surface area contributed by atoms with E-state index >= 15 is 0 Å². The quantitative estimate of drug-likeness (QED) is 0.136. The molecular weight excluding hydrogens is 538 g/mol. The summed E-state index contributed by atoms with van der Waals surface area (Å²) in [5, 5.41) is 18.5. The molecule has 0 saturated heterocycles. The number of benzene rings is 4. The molecule has 0 unspecified atom stereocenters. The minimum Gasteiger partial charge on any atom is -0.505 e. The third kappa shape index (κ3) is 4.60. The maximum absolute atomic E-state index is 11.8. The van der Waals surface area contributed by atoms with Crippen LogP contribution in [0.4, 0.5) is 17.1 Å². The maximum Gasteiger partial charge on any atom is 0.296 e. The highest BCUT2D eigenvalue weighted by atomic mass is 32.2. The van der Waals surface area contributed by atoms with E-state index < -0.39 is 61.9 Å². The Labute approximate surface area is 203 Å². The fourth-order valence-electron chi connectivity index (χ4n) is 3.55. The second-order valence-electron chi connectivity index (χ2n) is 7.43. The zero-order chi connectivity index (χ0) is 26.6. The molecule has 0 aliphatic rings. The second kappa shape index (κ2) is 8.47. The Kier molecular flexibility index (Phi) is 5.98. The predicted molar refractivity (Wildman–Crippen MR) is 128 cm³/mol. The monoisotopic (exact) mass is 553 g/mol. The summed E-state index contributed by atoms with van der Waals surface area (Å²) >= 11 is 0. The molecule has 0 amide bonds. The second-order valence-corrected chi connectivity index (χ2v) is 11.6. The normalized spacial score (nSPS) is 13.1. The van der Waals surface area contributed by atoms with E-state index in [-0.39, 0.29) is 22.1 Å². The fraction of sp³-hybridized carbons (Fsp3) is 0. The molecular formula is C20H15N3O10S3. The first-order chi connectivity index (χ1) is 16.6. The van der Waals surface area contributed by atoms with E-state index in [4.69, 9.17) is 5.73 Å². The van der Waals surface area contributed by atoms with Crippen LogP contribution < -0.4 is 5.73 Å². The highest BCUT2D eigenvalue weighted by Crippen LogP contribution is 2.44. The highest BCUT2D eigenvalue weighted by Gasteiger charge is 2.26. The van der Waals surface area contributed by atoms with Gasteiger partial charge in [-0.25, -0.2) is 0 Å². The Hall–Kier alpha value is -3.67. The molecule has 4 aromatic rings. The number of aromatic hydroxyl groups is 1. The third-order valence-corrected chi connectivity index (χ3v) is 7.81. The lowest BCUT2D eigenvalue weighted by molar-refractivity contribution is 0.478. The summed E-state index contributed by atoms with van der Waals surface area (Å²) < 4.78 is 98.4. The molecule has 0 heterocycles. The number of nitrogens with two attached hydrogens (primary N) is 1. The number of anilines is 1. The van der Waals surface area contributed by atoms with Crippen LogP contribution in [-0.2, 0) is 30.4 Å². The van der Waals surface area contributed by atoms with Gasteiger partial charge in [0.15, 0.2) is 5.75 Å². The molecule has 0 aromatic heterocycles. The van der Waals surface area contributed by atoms with Crippen LogP contribution >= 0.6 is 0 Å². The van der Waals surface area contributed by atoms with Gasteiger partial charge in [-0.1, -0.05) is 24.3 Å². The highest BCUT2D eigenvalue weighted by molar-refractivity contribution is 7.87. The van der Waals surface area contributed by atoms with Gasteiger partial charge in [0, 0.05) is 10.8 Å². The molecule has 36 heavy (non-hydrogen) atoms. The van der Waals surface area contributed by atoms with Gasteiger partial charge in [0.2, 0.25) is 0 Å². The van der Waals surface area contributed by atoms with E-state index in [2.05, 4.69) is 10.2 Å². The van der Waals surface area contributed by atoms with Gasteiger partial charge in [-0.05, 0) is 35.7 Å². The van der Waals surface area contributed by atoms with Crippen molar-refractivity contribution in [3.8, 4) is 5.75 Å². The molecule has 0 saturated carbocycles. The molecule has 0 spiro atoms. The Bertz CT molecular complexity index is 1940. The number of hydrogen-bond donors (Lipinski definition) is 5. The van der Waals surface area contributed by atoms with Crippen molar-refractivity contribution in [2.45, 2.75) is 14.7 Å². The Morgan fingerprint density at radius 3 is 1.92 bits per heavy atom. The van der Waals surface area contributed by atoms with E-state index in [0.29, 0.717) is 11.5 Å². The van der Waals surface area contributed by atoms with E-state index in [9.17, 15) is 44.0 Å². The van der Waals surface area contributed by atoms with Crippen molar-refractivity contribution >= 4 is 69.0 Å². The molecule has 6 N–H and O–H groups in total. The van der Waals surface area contributed by atoms with Gasteiger partial charge in [-0.2, -0.15) is 25.3 Å². The molecule has 0 radical (unpaired) electrons. The fourth-order valence-corrected chi connectivity index (χ4v) is 5.50. The van der Waals surface area contributed by atoms with Crippen LogP contribution in [0.2, 0.25) is 0 Å². The van der Waals surface area contributed by atoms with Gasteiger partial charge in [-0.15, -0.1) is 10.2 Å². The first-order valence-corrected chi connectivity index (χ1v) is 13.9. The van der Waals surface area contributed by atoms with E-state index in [1.165, 1.54) is 18.2 Å². The van der Waals surface area contributed by atoms with Crippen molar-refractivity contribution < 1.29 is 44.0 Å². The molecule has 188 valence electrons. The van der Waals surface area contributed by atoms with Gasteiger partial charge < -0.3 is 10.8 Å². The van der Waals surface area contributed by atoms with Crippen LogP contribution in [-0.4, -0.2) is 44.0 Å². The zero-order valence-electron chi connectivity index (χ0n) is 17.6. The number of rotatable bonds is 5. The zero-order valence-corrected chi connectivity index (χ0v) is 20.1. The van der Waals surface area contributed by atoms with Crippen LogP contribution in [0.3, 0.4) is 0 Å². The van der Waals surface area contributed by atoms with Crippen molar-refractivity contribution in [2.24, 2.45) is 10.2 Å². The molecule has 0 atom stereocenters. The standard InChI is InChI=1S/C20H15N3O10S3/c21-19-17(36(31,32)33)9-16(35(28,29)30)12-6-7-15(20(24)18(12)19)23-22-14-3-1-2-10-4-5-11(8-13(10)14)34(25,26)27/h1-9,24H,21H2,(H,25,26,27)(H,28,29,30)(H,31,32,33). The largest absolute Gasteiger partial charge is 0.505 e. The lowest BCUT2D eigenvalue weighted by Crippen LogP contribution is -2.08. The van der Waals surface area contributed by atoms with Gasteiger partial charge in [0.05, 0.1) is 21.7 Å². The first kappa shape index (κ1) is 25.4. The Morgan fingerprint density at radius 1 is 0.667 bits per heavy atom. The topological polar surface area (TPSA) is 234 Å². The predicted octanol–water partition coefficient (Wildman–Crippen LogP) is 3.44. The van der Waals surface area contributed by atoms with Crippen LogP contribution in [0, 0.1) is 0 Å². The summed E-state index contributed by atoms with van der Waals surface area (Å²) in [6, 6.07) is 11.1. The van der Waals surface area contributed by atoms with Crippen molar-refractivity contribution in [1.82, 2.24) is 0 Å². The minimum atomic E-state index is -5.07. The average molecular weight is 554 g/mol. The Balaban J connectivity index is 1.96. The molecule has 16 heteroatoms. The number of hydrogen-bond acceptors (Lipinski definition) is 10. The summed E-state index contributed by atoms with van der Waals surface area (Å²) in [6.45, 7) is 0.